The van der Waals surface area contributed by atoms with Gasteiger partial charge >= 0.3 is 0 Å². The highest BCUT2D eigenvalue weighted by molar-refractivity contribution is 6.32. The minimum atomic E-state index is -0.257. The van der Waals surface area contributed by atoms with Crippen molar-refractivity contribution in [3.05, 3.63) is 59.5 Å². The molecule has 0 aliphatic heterocycles. The molecule has 24 heavy (non-hydrogen) atoms. The Hall–Kier alpha value is -2.73. The Labute approximate surface area is 144 Å². The Morgan fingerprint density at radius 2 is 2.08 bits per heavy atom. The number of aryl methyl sites for hydroxylation is 1. The summed E-state index contributed by atoms with van der Waals surface area (Å²) in [6.07, 6.45) is 5.27. The number of nitrogens with one attached hydrogen (secondary N) is 1. The van der Waals surface area contributed by atoms with Crippen molar-refractivity contribution in [3.63, 3.8) is 0 Å². The van der Waals surface area contributed by atoms with Crippen molar-refractivity contribution >= 4 is 23.2 Å². The third-order valence-corrected chi connectivity index (χ3v) is 3.79. The fourth-order valence-electron chi connectivity index (χ4n) is 2.42. The van der Waals surface area contributed by atoms with Gasteiger partial charge < -0.3 is 14.6 Å². The maximum atomic E-state index is 12.6. The van der Waals surface area contributed by atoms with Crippen LogP contribution in [0.2, 0.25) is 5.02 Å². The molecule has 2 aromatic heterocycles. The molecule has 7 heteroatoms. The normalized spacial score (nSPS) is 10.6. The standard InChI is InChI=1S/C17H17ClN4O2/c1-3-24-15-7-6-12(10-14(15)18)20-16(23)13-11-19-21(2)17(13)22-8-4-5-9-22/h4-11H,3H2,1-2H3,(H,20,23). The van der Waals surface area contributed by atoms with E-state index in [2.05, 4.69) is 10.4 Å². The van der Waals surface area contributed by atoms with E-state index in [4.69, 9.17) is 16.3 Å². The van der Waals surface area contributed by atoms with Crippen LogP contribution < -0.4 is 10.1 Å². The minimum Gasteiger partial charge on any atom is -0.492 e. The number of aromatic nitrogens is 3. The van der Waals surface area contributed by atoms with Crippen LogP contribution in [-0.2, 0) is 7.05 Å². The van der Waals surface area contributed by atoms with E-state index < -0.39 is 0 Å². The Morgan fingerprint density at radius 1 is 1.33 bits per heavy atom. The number of hydrogen-bond acceptors (Lipinski definition) is 3. The number of carbonyl (C=O) groups is 1. The lowest BCUT2D eigenvalue weighted by atomic mass is 10.2. The van der Waals surface area contributed by atoms with E-state index in [1.165, 1.54) is 0 Å². The Balaban J connectivity index is 1.85. The van der Waals surface area contributed by atoms with Crippen molar-refractivity contribution in [2.45, 2.75) is 6.92 Å². The lowest BCUT2D eigenvalue weighted by Crippen LogP contribution is -2.15. The van der Waals surface area contributed by atoms with Crippen LogP contribution >= 0.6 is 11.6 Å². The summed E-state index contributed by atoms with van der Waals surface area (Å²) >= 11 is 6.16. The molecule has 1 aromatic carbocycles. The van der Waals surface area contributed by atoms with E-state index in [0.717, 1.165) is 0 Å². The molecule has 0 bridgehead atoms. The molecule has 0 fully saturated rings. The molecule has 1 N–H and O–H groups in total. The molecule has 0 atom stereocenters. The number of rotatable bonds is 5. The molecule has 1 amide bonds. The number of anilines is 1. The fourth-order valence-corrected chi connectivity index (χ4v) is 2.66. The van der Waals surface area contributed by atoms with Crippen LogP contribution in [-0.4, -0.2) is 26.9 Å². The molecule has 0 saturated carbocycles. The Kier molecular flexibility index (Phi) is 4.57. The van der Waals surface area contributed by atoms with Gasteiger partial charge in [-0.05, 0) is 37.3 Å². The zero-order valence-electron chi connectivity index (χ0n) is 13.4. The van der Waals surface area contributed by atoms with Gasteiger partial charge in [0.15, 0.2) is 0 Å². The molecular formula is C17H17ClN4O2. The SMILES string of the molecule is CCOc1ccc(NC(=O)c2cnn(C)c2-n2cccc2)cc1Cl. The summed E-state index contributed by atoms with van der Waals surface area (Å²) in [4.78, 5) is 12.6. The van der Waals surface area contributed by atoms with Crippen molar-refractivity contribution < 1.29 is 9.53 Å². The largest absolute Gasteiger partial charge is 0.492 e. The predicted molar refractivity (Wildman–Crippen MR) is 93.1 cm³/mol. The summed E-state index contributed by atoms with van der Waals surface area (Å²) in [6, 6.07) is 8.93. The molecule has 124 valence electrons. The lowest BCUT2D eigenvalue weighted by molar-refractivity contribution is 0.102. The van der Waals surface area contributed by atoms with E-state index >= 15 is 0 Å². The van der Waals surface area contributed by atoms with E-state index in [1.807, 2.05) is 36.0 Å². The van der Waals surface area contributed by atoms with Crippen LogP contribution in [0.1, 0.15) is 17.3 Å². The molecule has 0 saturated heterocycles. The van der Waals surface area contributed by atoms with Gasteiger partial charge in [-0.15, -0.1) is 0 Å². The molecule has 3 aromatic rings. The van der Waals surface area contributed by atoms with Crippen LogP contribution in [0.15, 0.2) is 48.9 Å². The summed E-state index contributed by atoms with van der Waals surface area (Å²) in [5, 5.41) is 7.47. The Morgan fingerprint density at radius 3 is 2.75 bits per heavy atom. The third-order valence-electron chi connectivity index (χ3n) is 3.49. The highest BCUT2D eigenvalue weighted by atomic mass is 35.5. The second-order valence-electron chi connectivity index (χ2n) is 5.13. The average Bonchev–Trinajstić information content (AvgIpc) is 3.19. The molecule has 0 spiro atoms. The molecule has 3 rings (SSSR count). The summed E-state index contributed by atoms with van der Waals surface area (Å²) in [7, 11) is 1.79. The predicted octanol–water partition coefficient (Wildman–Crippen LogP) is 3.52. The van der Waals surface area contributed by atoms with Crippen LogP contribution in [0.25, 0.3) is 5.82 Å². The maximum Gasteiger partial charge on any atom is 0.261 e. The number of benzene rings is 1. The zero-order valence-corrected chi connectivity index (χ0v) is 14.1. The van der Waals surface area contributed by atoms with Gasteiger partial charge in [0.1, 0.15) is 17.1 Å². The van der Waals surface area contributed by atoms with Crippen molar-refractivity contribution in [1.82, 2.24) is 14.3 Å². The first-order valence-electron chi connectivity index (χ1n) is 7.49. The van der Waals surface area contributed by atoms with Crippen LogP contribution in [0.3, 0.4) is 0 Å². The number of amides is 1. The molecule has 6 nitrogen and oxygen atoms in total. The van der Waals surface area contributed by atoms with E-state index in [0.29, 0.717) is 34.4 Å². The third kappa shape index (κ3) is 3.14. The summed E-state index contributed by atoms with van der Waals surface area (Å²) in [5.74, 6) is 1.02. The van der Waals surface area contributed by atoms with Crippen molar-refractivity contribution in [1.29, 1.82) is 0 Å². The minimum absolute atomic E-state index is 0.257. The molecule has 2 heterocycles. The van der Waals surface area contributed by atoms with E-state index in [9.17, 15) is 4.79 Å². The number of ether oxygens (including phenoxy) is 1. The number of hydrogen-bond donors (Lipinski definition) is 1. The molecule has 0 aliphatic carbocycles. The highest BCUT2D eigenvalue weighted by Gasteiger charge is 2.17. The molecular weight excluding hydrogens is 328 g/mol. The van der Waals surface area contributed by atoms with Gasteiger partial charge in [0.2, 0.25) is 0 Å². The van der Waals surface area contributed by atoms with Gasteiger partial charge in [0.25, 0.3) is 5.91 Å². The fraction of sp³-hybridized carbons (Fsp3) is 0.176. The zero-order chi connectivity index (χ0) is 17.1. The van der Waals surface area contributed by atoms with Crippen molar-refractivity contribution in [3.8, 4) is 11.6 Å². The van der Waals surface area contributed by atoms with E-state index in [-0.39, 0.29) is 5.91 Å². The molecule has 0 unspecified atom stereocenters. The first-order valence-corrected chi connectivity index (χ1v) is 7.87. The van der Waals surface area contributed by atoms with Gasteiger partial charge in [-0.2, -0.15) is 5.10 Å². The van der Waals surface area contributed by atoms with Crippen molar-refractivity contribution in [2.24, 2.45) is 7.05 Å². The monoisotopic (exact) mass is 344 g/mol. The summed E-state index contributed by atoms with van der Waals surface area (Å²) < 4.78 is 8.88. The lowest BCUT2D eigenvalue weighted by Gasteiger charge is -2.10. The number of carbonyl (C=O) groups excluding carboxylic acids is 1. The maximum absolute atomic E-state index is 12.6. The second-order valence-corrected chi connectivity index (χ2v) is 5.54. The quantitative estimate of drug-likeness (QED) is 0.770. The van der Waals surface area contributed by atoms with Gasteiger partial charge in [0.05, 0.1) is 17.8 Å². The highest BCUT2D eigenvalue weighted by Crippen LogP contribution is 2.28. The smallest absolute Gasteiger partial charge is 0.261 e. The van der Waals surface area contributed by atoms with Crippen LogP contribution in [0.4, 0.5) is 5.69 Å². The van der Waals surface area contributed by atoms with Gasteiger partial charge in [0, 0.05) is 25.1 Å². The molecule has 0 aliphatic rings. The van der Waals surface area contributed by atoms with E-state index in [1.54, 1.807) is 36.1 Å². The van der Waals surface area contributed by atoms with Crippen LogP contribution in [0, 0.1) is 0 Å². The molecule has 0 radical (unpaired) electrons. The first-order chi connectivity index (χ1) is 11.6. The van der Waals surface area contributed by atoms with Crippen LogP contribution in [0.5, 0.6) is 5.75 Å². The van der Waals surface area contributed by atoms with Crippen molar-refractivity contribution in [2.75, 3.05) is 11.9 Å². The van der Waals surface area contributed by atoms with Gasteiger partial charge in [-0.3, -0.25) is 9.48 Å². The number of nitrogens with zero attached hydrogens (tertiary/aromatic N) is 3. The Bertz CT molecular complexity index is 856. The second kappa shape index (κ2) is 6.80. The first kappa shape index (κ1) is 16.1. The summed E-state index contributed by atoms with van der Waals surface area (Å²) in [5.41, 5.74) is 1.06. The van der Waals surface area contributed by atoms with Gasteiger partial charge in [-0.25, -0.2) is 0 Å². The average molecular weight is 345 g/mol. The number of halogens is 1. The van der Waals surface area contributed by atoms with Gasteiger partial charge in [-0.1, -0.05) is 11.6 Å². The topological polar surface area (TPSA) is 61.1 Å². The summed E-state index contributed by atoms with van der Waals surface area (Å²) in [6.45, 7) is 2.42.